The molecule has 0 spiro atoms. The smallest absolute Gasteiger partial charge is 0.411 e. The Morgan fingerprint density at radius 1 is 0.971 bits per heavy atom. The van der Waals surface area contributed by atoms with Crippen LogP contribution in [0.4, 0.5) is 18.9 Å². The van der Waals surface area contributed by atoms with E-state index in [0.29, 0.717) is 11.3 Å². The van der Waals surface area contributed by atoms with Gasteiger partial charge in [-0.25, -0.2) is 13.2 Å². The molecule has 0 radical (unpaired) electrons. The van der Waals surface area contributed by atoms with E-state index in [1.165, 1.54) is 49.6 Å². The van der Waals surface area contributed by atoms with Crippen molar-refractivity contribution in [3.05, 3.63) is 89.5 Å². The standard InChI is InChI=1S/C24H22F3NO6S/c1-33-19-10-12-20(13-11-19)35(31,32)28(14-17-6-3-2-4-7-17)22-18(15-34-16-24(25,26)27)8-5-9-21(22)23(29)30/h2-13H,14-16H2,1H3,(H,29,30). The average molecular weight is 510 g/mol. The molecular formula is C24H22F3NO6S. The molecule has 0 atom stereocenters. The van der Waals surface area contributed by atoms with Gasteiger partial charge < -0.3 is 14.6 Å². The molecule has 11 heteroatoms. The third kappa shape index (κ3) is 6.52. The van der Waals surface area contributed by atoms with Crippen molar-refractivity contribution in [1.82, 2.24) is 0 Å². The number of hydrogen-bond donors (Lipinski definition) is 1. The molecule has 0 saturated carbocycles. The van der Waals surface area contributed by atoms with Crippen molar-refractivity contribution in [3.63, 3.8) is 0 Å². The molecule has 0 saturated heterocycles. The molecule has 1 N–H and O–H groups in total. The van der Waals surface area contributed by atoms with Gasteiger partial charge in [0.1, 0.15) is 12.4 Å². The molecule has 3 aromatic carbocycles. The average Bonchev–Trinajstić information content (AvgIpc) is 2.82. The highest BCUT2D eigenvalue weighted by Crippen LogP contribution is 2.34. The highest BCUT2D eigenvalue weighted by molar-refractivity contribution is 7.92. The van der Waals surface area contributed by atoms with Crippen LogP contribution < -0.4 is 9.04 Å². The summed E-state index contributed by atoms with van der Waals surface area (Å²) in [5.41, 5.74) is -0.165. The fourth-order valence-corrected chi connectivity index (χ4v) is 4.87. The molecule has 0 aliphatic rings. The zero-order valence-electron chi connectivity index (χ0n) is 18.5. The number of benzene rings is 3. The van der Waals surface area contributed by atoms with Gasteiger partial charge in [0.25, 0.3) is 10.0 Å². The predicted molar refractivity (Wildman–Crippen MR) is 122 cm³/mol. The maximum absolute atomic E-state index is 13.8. The predicted octanol–water partition coefficient (Wildman–Crippen LogP) is 4.87. The van der Waals surface area contributed by atoms with Crippen molar-refractivity contribution in [3.8, 4) is 5.75 Å². The van der Waals surface area contributed by atoms with Gasteiger partial charge in [0.15, 0.2) is 0 Å². The molecule has 0 fully saturated rings. The minimum Gasteiger partial charge on any atom is -0.497 e. The molecular weight excluding hydrogens is 487 g/mol. The lowest BCUT2D eigenvalue weighted by Crippen LogP contribution is -2.33. The number of carboxylic acids is 1. The Labute approximate surface area is 200 Å². The van der Waals surface area contributed by atoms with Crippen LogP contribution in [-0.2, 0) is 27.9 Å². The SMILES string of the molecule is COc1ccc(S(=O)(=O)N(Cc2ccccc2)c2c(COCC(F)(F)F)cccc2C(=O)O)cc1. The first-order valence-corrected chi connectivity index (χ1v) is 11.7. The van der Waals surface area contributed by atoms with Crippen molar-refractivity contribution < 1.29 is 41.0 Å². The molecule has 0 amide bonds. The fraction of sp³-hybridized carbons (Fsp3) is 0.208. The highest BCUT2D eigenvalue weighted by atomic mass is 32.2. The Balaban J connectivity index is 2.17. The van der Waals surface area contributed by atoms with Gasteiger partial charge in [-0.05, 0) is 35.9 Å². The minimum absolute atomic E-state index is 0.0258. The first-order chi connectivity index (χ1) is 16.5. The number of hydrogen-bond acceptors (Lipinski definition) is 5. The zero-order valence-corrected chi connectivity index (χ0v) is 19.3. The number of carboxylic acid groups (broad SMARTS) is 1. The van der Waals surface area contributed by atoms with Crippen molar-refractivity contribution in [1.29, 1.82) is 0 Å². The van der Waals surface area contributed by atoms with E-state index in [9.17, 15) is 31.5 Å². The first-order valence-electron chi connectivity index (χ1n) is 10.2. The van der Waals surface area contributed by atoms with Gasteiger partial charge in [-0.15, -0.1) is 0 Å². The van der Waals surface area contributed by atoms with Gasteiger partial charge in [-0.2, -0.15) is 13.2 Å². The summed E-state index contributed by atoms with van der Waals surface area (Å²) in [7, 11) is -2.95. The van der Waals surface area contributed by atoms with Crippen LogP contribution in [0.3, 0.4) is 0 Å². The summed E-state index contributed by atoms with van der Waals surface area (Å²) in [5.74, 6) is -1.04. The van der Waals surface area contributed by atoms with Crippen molar-refractivity contribution in [2.75, 3.05) is 18.0 Å². The van der Waals surface area contributed by atoms with Gasteiger partial charge >= 0.3 is 12.1 Å². The van der Waals surface area contributed by atoms with Crippen LogP contribution in [0.2, 0.25) is 0 Å². The molecule has 0 aromatic heterocycles. The third-order valence-corrected chi connectivity index (χ3v) is 6.70. The molecule has 0 heterocycles. The molecule has 3 aromatic rings. The van der Waals surface area contributed by atoms with Crippen LogP contribution in [-0.4, -0.2) is 39.4 Å². The summed E-state index contributed by atoms with van der Waals surface area (Å²) in [6.45, 7) is -2.50. The van der Waals surface area contributed by atoms with Crippen LogP contribution in [0.25, 0.3) is 0 Å². The first kappa shape index (κ1) is 26.0. The Morgan fingerprint density at radius 2 is 1.63 bits per heavy atom. The van der Waals surface area contributed by atoms with E-state index in [4.69, 9.17) is 9.47 Å². The molecule has 186 valence electrons. The Hall–Kier alpha value is -3.57. The monoisotopic (exact) mass is 509 g/mol. The molecule has 0 aliphatic heterocycles. The molecule has 0 unspecified atom stereocenters. The van der Waals surface area contributed by atoms with E-state index in [1.807, 2.05) is 0 Å². The Morgan fingerprint density at radius 3 is 2.20 bits per heavy atom. The number of alkyl halides is 3. The van der Waals surface area contributed by atoms with E-state index in [0.717, 1.165) is 4.31 Å². The summed E-state index contributed by atoms with van der Waals surface area (Å²) < 4.78 is 76.2. The lowest BCUT2D eigenvalue weighted by atomic mass is 10.1. The topological polar surface area (TPSA) is 93.1 Å². The number of para-hydroxylation sites is 1. The number of anilines is 1. The van der Waals surface area contributed by atoms with Crippen molar-refractivity contribution in [2.45, 2.75) is 24.2 Å². The maximum Gasteiger partial charge on any atom is 0.411 e. The van der Waals surface area contributed by atoms with E-state index in [1.54, 1.807) is 30.3 Å². The van der Waals surface area contributed by atoms with Gasteiger partial charge in [0.05, 0.1) is 36.4 Å². The Bertz CT molecular complexity index is 1260. The maximum atomic E-state index is 13.8. The summed E-state index contributed by atoms with van der Waals surface area (Å²) in [5, 5.41) is 9.81. The van der Waals surface area contributed by atoms with Crippen LogP contribution in [0.5, 0.6) is 5.75 Å². The van der Waals surface area contributed by atoms with Gasteiger partial charge in [0, 0.05) is 5.56 Å². The van der Waals surface area contributed by atoms with Crippen molar-refractivity contribution >= 4 is 21.7 Å². The van der Waals surface area contributed by atoms with Gasteiger partial charge in [-0.3, -0.25) is 4.31 Å². The number of carbonyl (C=O) groups is 1. The fourth-order valence-electron chi connectivity index (χ4n) is 3.36. The summed E-state index contributed by atoms with van der Waals surface area (Å²) in [6.07, 6.45) is -4.61. The Kier molecular flexibility index (Phi) is 8.03. The number of sulfonamides is 1. The summed E-state index contributed by atoms with van der Waals surface area (Å²) in [4.78, 5) is 11.9. The zero-order chi connectivity index (χ0) is 25.6. The molecule has 0 bridgehead atoms. The molecule has 35 heavy (non-hydrogen) atoms. The van der Waals surface area contributed by atoms with Crippen LogP contribution in [0, 0.1) is 0 Å². The quantitative estimate of drug-likeness (QED) is 0.419. The number of ether oxygens (including phenoxy) is 2. The summed E-state index contributed by atoms with van der Waals surface area (Å²) >= 11 is 0. The number of halogens is 3. The molecule has 0 aliphatic carbocycles. The normalized spacial score (nSPS) is 11.8. The third-order valence-electron chi connectivity index (χ3n) is 4.94. The second-order valence-corrected chi connectivity index (χ2v) is 9.26. The molecule has 3 rings (SSSR count). The van der Waals surface area contributed by atoms with Crippen LogP contribution in [0.1, 0.15) is 21.5 Å². The second kappa shape index (κ2) is 10.8. The highest BCUT2D eigenvalue weighted by Gasteiger charge is 2.32. The van der Waals surface area contributed by atoms with E-state index < -0.39 is 40.9 Å². The van der Waals surface area contributed by atoms with E-state index >= 15 is 0 Å². The lowest BCUT2D eigenvalue weighted by molar-refractivity contribution is -0.176. The largest absolute Gasteiger partial charge is 0.497 e. The van der Waals surface area contributed by atoms with Gasteiger partial charge in [-0.1, -0.05) is 42.5 Å². The van der Waals surface area contributed by atoms with Crippen molar-refractivity contribution in [2.24, 2.45) is 0 Å². The lowest BCUT2D eigenvalue weighted by Gasteiger charge is -2.28. The second-order valence-electron chi connectivity index (χ2n) is 7.40. The van der Waals surface area contributed by atoms with Gasteiger partial charge in [0.2, 0.25) is 0 Å². The minimum atomic E-state index is -4.61. The van der Waals surface area contributed by atoms with E-state index in [2.05, 4.69) is 0 Å². The van der Waals surface area contributed by atoms with E-state index in [-0.39, 0.29) is 22.7 Å². The van der Waals surface area contributed by atoms with Crippen LogP contribution in [0.15, 0.2) is 77.7 Å². The molecule has 7 nitrogen and oxygen atoms in total. The number of nitrogens with zero attached hydrogens (tertiary/aromatic N) is 1. The number of methoxy groups -OCH3 is 1. The number of rotatable bonds is 10. The number of aromatic carboxylic acids is 1. The van der Waals surface area contributed by atoms with Crippen LogP contribution >= 0.6 is 0 Å². The summed E-state index contributed by atoms with van der Waals surface area (Å²) in [6, 6.07) is 17.7.